The molecule has 6 heteroatoms. The molecule has 17 heavy (non-hydrogen) atoms. The van der Waals surface area contributed by atoms with Crippen molar-refractivity contribution in [2.45, 2.75) is 6.92 Å². The number of hydrogen-bond acceptors (Lipinski definition) is 2. The Hall–Kier alpha value is -1.52. The van der Waals surface area contributed by atoms with Gasteiger partial charge >= 0.3 is 0 Å². The van der Waals surface area contributed by atoms with Gasteiger partial charge in [0.25, 0.3) is 5.69 Å². The average molecular weight is 271 g/mol. The summed E-state index contributed by atoms with van der Waals surface area (Å²) >= 11 is 11.9. The lowest BCUT2D eigenvalue weighted by Crippen LogP contribution is -1.92. The molecule has 0 saturated carbocycles. The van der Waals surface area contributed by atoms with Crippen LogP contribution in [0.5, 0.6) is 0 Å². The third-order valence-electron chi connectivity index (χ3n) is 2.46. The fraction of sp³-hybridized carbons (Fsp3) is 0.0909. The van der Waals surface area contributed by atoms with Crippen molar-refractivity contribution in [3.63, 3.8) is 0 Å². The molecule has 1 heterocycles. The van der Waals surface area contributed by atoms with E-state index in [-0.39, 0.29) is 10.7 Å². The quantitative estimate of drug-likeness (QED) is 0.657. The lowest BCUT2D eigenvalue weighted by Gasteiger charge is -2.03. The van der Waals surface area contributed by atoms with Crippen LogP contribution in [0.2, 0.25) is 10.0 Å². The number of benzene rings is 1. The Morgan fingerprint density at radius 1 is 1.29 bits per heavy atom. The summed E-state index contributed by atoms with van der Waals surface area (Å²) in [5.74, 6) is 0. The van der Waals surface area contributed by atoms with Crippen molar-refractivity contribution in [1.82, 2.24) is 4.98 Å². The van der Waals surface area contributed by atoms with Crippen LogP contribution in [-0.2, 0) is 0 Å². The topological polar surface area (TPSA) is 58.9 Å². The molecule has 0 bridgehead atoms. The number of nitrogens with one attached hydrogen (secondary N) is 1. The molecule has 0 amide bonds. The second-order valence-corrected chi connectivity index (χ2v) is 4.32. The van der Waals surface area contributed by atoms with Gasteiger partial charge in [-0.1, -0.05) is 29.3 Å². The molecule has 1 aromatic carbocycles. The van der Waals surface area contributed by atoms with Crippen molar-refractivity contribution in [1.29, 1.82) is 0 Å². The van der Waals surface area contributed by atoms with E-state index in [0.29, 0.717) is 16.1 Å². The maximum absolute atomic E-state index is 11.0. The van der Waals surface area contributed by atoms with Gasteiger partial charge in [-0.3, -0.25) is 10.1 Å². The largest absolute Gasteiger partial charge is 0.363 e. The van der Waals surface area contributed by atoms with Gasteiger partial charge in [-0.05, 0) is 19.1 Å². The molecule has 1 N–H and O–H groups in total. The highest BCUT2D eigenvalue weighted by Gasteiger charge is 2.22. The van der Waals surface area contributed by atoms with Crippen LogP contribution < -0.4 is 0 Å². The highest BCUT2D eigenvalue weighted by atomic mass is 35.5. The number of nitro groups is 1. The predicted molar refractivity (Wildman–Crippen MR) is 67.6 cm³/mol. The van der Waals surface area contributed by atoms with E-state index in [1.54, 1.807) is 25.3 Å². The Bertz CT molecular complexity index is 593. The van der Waals surface area contributed by atoms with E-state index in [2.05, 4.69) is 4.98 Å². The summed E-state index contributed by atoms with van der Waals surface area (Å²) in [7, 11) is 0. The first-order valence-electron chi connectivity index (χ1n) is 4.79. The van der Waals surface area contributed by atoms with Crippen molar-refractivity contribution in [3.05, 3.63) is 50.2 Å². The number of aromatic nitrogens is 1. The third-order valence-corrected chi connectivity index (χ3v) is 3.25. The minimum absolute atomic E-state index is 0.0995. The van der Waals surface area contributed by atoms with Crippen LogP contribution in [0.15, 0.2) is 24.4 Å². The molecule has 2 aromatic rings. The SMILES string of the molecule is Cc1[nH]cc(-c2cccc(Cl)c2[N+](=O)[O-])c1Cl. The number of nitro benzene ring substituents is 1. The predicted octanol–water partition coefficient (Wildman–Crippen LogP) is 4.21. The lowest BCUT2D eigenvalue weighted by molar-refractivity contribution is -0.384. The van der Waals surface area contributed by atoms with Crippen molar-refractivity contribution in [2.24, 2.45) is 0 Å². The molecule has 1 aromatic heterocycles. The summed E-state index contributed by atoms with van der Waals surface area (Å²) in [6.45, 7) is 1.79. The molecule has 0 saturated heterocycles. The van der Waals surface area contributed by atoms with Crippen LogP contribution >= 0.6 is 23.2 Å². The number of nitrogens with zero attached hydrogens (tertiary/aromatic N) is 1. The standard InChI is InChI=1S/C11H8Cl2N2O2/c1-6-10(13)8(5-14-6)7-3-2-4-9(12)11(7)15(16)17/h2-5,14H,1H3. The first kappa shape index (κ1) is 12.0. The van der Waals surface area contributed by atoms with E-state index in [1.165, 1.54) is 6.07 Å². The number of H-pyrrole nitrogens is 1. The molecule has 0 unspecified atom stereocenters. The number of aryl methyl sites for hydroxylation is 1. The van der Waals surface area contributed by atoms with Crippen LogP contribution in [0.4, 0.5) is 5.69 Å². The fourth-order valence-corrected chi connectivity index (χ4v) is 2.08. The van der Waals surface area contributed by atoms with Gasteiger partial charge in [0, 0.05) is 17.5 Å². The molecular formula is C11H8Cl2N2O2. The van der Waals surface area contributed by atoms with Gasteiger partial charge in [0.2, 0.25) is 0 Å². The van der Waals surface area contributed by atoms with Gasteiger partial charge in [-0.2, -0.15) is 0 Å². The van der Waals surface area contributed by atoms with E-state index in [4.69, 9.17) is 23.2 Å². The number of halogens is 2. The summed E-state index contributed by atoms with van der Waals surface area (Å²) in [6, 6.07) is 4.76. The molecule has 0 fully saturated rings. The maximum Gasteiger partial charge on any atom is 0.295 e. The number of hydrogen-bond donors (Lipinski definition) is 1. The van der Waals surface area contributed by atoms with Gasteiger partial charge < -0.3 is 4.98 Å². The Kier molecular flexibility index (Phi) is 3.09. The first-order valence-corrected chi connectivity index (χ1v) is 5.54. The van der Waals surface area contributed by atoms with E-state index < -0.39 is 4.92 Å². The molecule has 0 aliphatic rings. The minimum atomic E-state index is -0.504. The lowest BCUT2D eigenvalue weighted by atomic mass is 10.1. The number of rotatable bonds is 2. The molecule has 2 rings (SSSR count). The van der Waals surface area contributed by atoms with Gasteiger partial charge in [-0.15, -0.1) is 0 Å². The van der Waals surface area contributed by atoms with Crippen LogP contribution in [-0.4, -0.2) is 9.91 Å². The van der Waals surface area contributed by atoms with Crippen molar-refractivity contribution >= 4 is 28.9 Å². The molecule has 0 atom stereocenters. The van der Waals surface area contributed by atoms with E-state index >= 15 is 0 Å². The van der Waals surface area contributed by atoms with Gasteiger partial charge in [0.05, 0.1) is 15.5 Å². The summed E-state index contributed by atoms with van der Waals surface area (Å²) in [4.78, 5) is 13.4. The first-order chi connectivity index (χ1) is 8.02. The third kappa shape index (κ3) is 2.01. The Morgan fingerprint density at radius 3 is 2.53 bits per heavy atom. The number of para-hydroxylation sites is 1. The second kappa shape index (κ2) is 4.39. The molecule has 88 valence electrons. The van der Waals surface area contributed by atoms with Gasteiger partial charge in [0.1, 0.15) is 5.02 Å². The van der Waals surface area contributed by atoms with Crippen LogP contribution in [0.1, 0.15) is 5.69 Å². The highest BCUT2D eigenvalue weighted by Crippen LogP contribution is 2.39. The molecule has 0 aliphatic heterocycles. The molecule has 4 nitrogen and oxygen atoms in total. The summed E-state index contributed by atoms with van der Waals surface area (Å²) < 4.78 is 0. The molecule has 0 aliphatic carbocycles. The Morgan fingerprint density at radius 2 is 2.00 bits per heavy atom. The summed E-state index contributed by atoms with van der Waals surface area (Å²) in [5, 5.41) is 11.6. The van der Waals surface area contributed by atoms with Crippen LogP contribution in [0, 0.1) is 17.0 Å². The van der Waals surface area contributed by atoms with Crippen molar-refractivity contribution in [3.8, 4) is 11.1 Å². The van der Waals surface area contributed by atoms with Crippen molar-refractivity contribution < 1.29 is 4.92 Å². The zero-order chi connectivity index (χ0) is 12.6. The number of aromatic amines is 1. The maximum atomic E-state index is 11.0. The molecule has 0 spiro atoms. The smallest absolute Gasteiger partial charge is 0.295 e. The molecule has 0 radical (unpaired) electrons. The van der Waals surface area contributed by atoms with E-state index in [1.807, 2.05) is 0 Å². The normalized spacial score (nSPS) is 10.5. The zero-order valence-electron chi connectivity index (χ0n) is 8.83. The average Bonchev–Trinajstić information content (AvgIpc) is 2.59. The Labute approximate surface area is 107 Å². The van der Waals surface area contributed by atoms with Crippen molar-refractivity contribution in [2.75, 3.05) is 0 Å². The van der Waals surface area contributed by atoms with Gasteiger partial charge in [-0.25, -0.2) is 0 Å². The second-order valence-electron chi connectivity index (χ2n) is 3.53. The highest BCUT2D eigenvalue weighted by molar-refractivity contribution is 6.35. The summed E-state index contributed by atoms with van der Waals surface area (Å²) in [5.41, 5.74) is 1.63. The van der Waals surface area contributed by atoms with Crippen LogP contribution in [0.3, 0.4) is 0 Å². The van der Waals surface area contributed by atoms with E-state index in [9.17, 15) is 10.1 Å². The van der Waals surface area contributed by atoms with E-state index in [0.717, 1.165) is 5.69 Å². The monoisotopic (exact) mass is 270 g/mol. The fourth-order valence-electron chi connectivity index (χ4n) is 1.62. The van der Waals surface area contributed by atoms with Crippen LogP contribution in [0.25, 0.3) is 11.1 Å². The Balaban J connectivity index is 2.72. The minimum Gasteiger partial charge on any atom is -0.363 e. The van der Waals surface area contributed by atoms with Gasteiger partial charge in [0.15, 0.2) is 0 Å². The molecular weight excluding hydrogens is 263 g/mol. The summed E-state index contributed by atoms with van der Waals surface area (Å²) in [6.07, 6.45) is 1.64. The zero-order valence-corrected chi connectivity index (χ0v) is 10.3.